The Hall–Kier alpha value is -1.65. The fourth-order valence-electron chi connectivity index (χ4n) is 0.629. The smallest absolute Gasteiger partial charge is 0.305 e. The third-order valence-electron chi connectivity index (χ3n) is 1.12. The first-order valence-corrected chi connectivity index (χ1v) is 2.79. The summed E-state index contributed by atoms with van der Waals surface area (Å²) in [5, 5.41) is 0. The van der Waals surface area contributed by atoms with E-state index in [-0.39, 0.29) is 5.69 Å². The summed E-state index contributed by atoms with van der Waals surface area (Å²) in [6.45, 7) is 3.21. The minimum Gasteiger partial charge on any atom is -0.305 e. The Labute approximate surface area is 60.4 Å². The predicted molar refractivity (Wildman–Crippen MR) is 37.7 cm³/mol. The van der Waals surface area contributed by atoms with E-state index in [0.29, 0.717) is 0 Å². The van der Waals surface area contributed by atoms with Crippen LogP contribution in [0.3, 0.4) is 0 Å². The highest BCUT2D eigenvalue weighted by Crippen LogP contribution is 1.94. The van der Waals surface area contributed by atoms with Crippen LogP contribution in [0.15, 0.2) is 16.2 Å². The van der Waals surface area contributed by atoms with E-state index in [1.807, 2.05) is 0 Å². The first-order valence-electron chi connectivity index (χ1n) is 2.79. The first kappa shape index (κ1) is 7.46. The Bertz CT molecular complexity index is 390. The normalized spacial score (nSPS) is 9.55. The van der Waals surface area contributed by atoms with Crippen LogP contribution in [0.25, 0.3) is 6.08 Å². The van der Waals surface area contributed by atoms with Crippen LogP contribution >= 0.6 is 0 Å². The number of aromatic nitrogens is 2. The molecular weight excluding hydrogens is 151 g/mol. The Kier molecular flexibility index (Phi) is 1.72. The van der Waals surface area contributed by atoms with Crippen molar-refractivity contribution in [1.29, 1.82) is 0 Å². The van der Waals surface area contributed by atoms with Gasteiger partial charge in [-0.2, -0.15) is 4.39 Å². The molecule has 0 fully saturated rings. The van der Waals surface area contributed by atoms with Gasteiger partial charge in [-0.3, -0.25) is 9.78 Å². The van der Waals surface area contributed by atoms with E-state index >= 15 is 0 Å². The molecule has 0 amide bonds. The minimum atomic E-state index is -1.04. The fraction of sp³-hybridized carbons (Fsp3) is 0. The molecule has 0 unspecified atom stereocenters. The van der Waals surface area contributed by atoms with Crippen molar-refractivity contribution in [3.63, 3.8) is 0 Å². The average Bonchev–Trinajstić information content (AvgIpc) is 1.96. The highest BCUT2D eigenvalue weighted by molar-refractivity contribution is 5.40. The van der Waals surface area contributed by atoms with Crippen molar-refractivity contribution in [3.05, 3.63) is 38.9 Å². The van der Waals surface area contributed by atoms with Gasteiger partial charge in [0.05, 0.1) is 5.69 Å². The van der Waals surface area contributed by atoms with Gasteiger partial charge in [0.2, 0.25) is 5.82 Å². The first-order chi connectivity index (χ1) is 5.15. The van der Waals surface area contributed by atoms with Crippen LogP contribution < -0.4 is 11.2 Å². The monoisotopic (exact) mass is 156 g/mol. The number of hydrogen-bond acceptors (Lipinski definition) is 2. The molecule has 0 bridgehead atoms. The number of hydrogen-bond donors (Lipinski definition) is 2. The zero-order valence-electron chi connectivity index (χ0n) is 5.48. The third-order valence-corrected chi connectivity index (χ3v) is 1.12. The molecule has 5 heteroatoms. The maximum absolute atomic E-state index is 12.6. The van der Waals surface area contributed by atoms with Gasteiger partial charge >= 0.3 is 5.69 Å². The molecular formula is C6H5FN2O2. The number of rotatable bonds is 1. The molecule has 4 nitrogen and oxygen atoms in total. The molecule has 0 aromatic carbocycles. The maximum atomic E-state index is 12.6. The van der Waals surface area contributed by atoms with Gasteiger partial charge in [-0.1, -0.05) is 6.58 Å². The molecule has 58 valence electrons. The second-order valence-corrected chi connectivity index (χ2v) is 1.84. The van der Waals surface area contributed by atoms with Crippen LogP contribution in [0.2, 0.25) is 0 Å². The SMILES string of the molecule is C=Cc1[nH]c(=O)[nH]c(=O)c1F. The van der Waals surface area contributed by atoms with Gasteiger partial charge in [0.1, 0.15) is 0 Å². The molecule has 0 aliphatic heterocycles. The highest BCUT2D eigenvalue weighted by atomic mass is 19.1. The molecule has 1 aromatic heterocycles. The summed E-state index contributed by atoms with van der Waals surface area (Å²) in [7, 11) is 0. The summed E-state index contributed by atoms with van der Waals surface area (Å²) < 4.78 is 12.6. The largest absolute Gasteiger partial charge is 0.326 e. The van der Waals surface area contributed by atoms with Gasteiger partial charge in [-0.15, -0.1) is 0 Å². The van der Waals surface area contributed by atoms with Crippen LogP contribution in [0.4, 0.5) is 4.39 Å². The molecule has 1 aromatic rings. The maximum Gasteiger partial charge on any atom is 0.326 e. The van der Waals surface area contributed by atoms with E-state index in [0.717, 1.165) is 6.08 Å². The van der Waals surface area contributed by atoms with Crippen LogP contribution in [-0.4, -0.2) is 9.97 Å². The van der Waals surface area contributed by atoms with Crippen molar-refractivity contribution in [2.75, 3.05) is 0 Å². The summed E-state index contributed by atoms with van der Waals surface area (Å²) in [6, 6.07) is 0. The van der Waals surface area contributed by atoms with E-state index in [1.54, 1.807) is 4.98 Å². The van der Waals surface area contributed by atoms with E-state index in [4.69, 9.17) is 0 Å². The highest BCUT2D eigenvalue weighted by Gasteiger charge is 2.03. The number of nitrogens with one attached hydrogen (secondary N) is 2. The lowest BCUT2D eigenvalue weighted by Crippen LogP contribution is -2.26. The molecule has 1 heterocycles. The standard InChI is InChI=1S/C6H5FN2O2/c1-2-3-4(7)5(10)9-6(11)8-3/h2H,1H2,(H2,8,9,10,11). The quantitative estimate of drug-likeness (QED) is 0.593. The molecule has 0 saturated carbocycles. The summed E-state index contributed by atoms with van der Waals surface area (Å²) in [5.41, 5.74) is -1.98. The van der Waals surface area contributed by atoms with Gasteiger partial charge < -0.3 is 4.98 Å². The van der Waals surface area contributed by atoms with Crippen molar-refractivity contribution in [2.45, 2.75) is 0 Å². The van der Waals surface area contributed by atoms with E-state index in [2.05, 4.69) is 11.6 Å². The lowest BCUT2D eigenvalue weighted by atomic mass is 10.4. The molecule has 2 N–H and O–H groups in total. The van der Waals surface area contributed by atoms with E-state index < -0.39 is 17.1 Å². The second kappa shape index (κ2) is 2.53. The average molecular weight is 156 g/mol. The number of H-pyrrole nitrogens is 2. The number of halogens is 1. The zero-order valence-corrected chi connectivity index (χ0v) is 5.48. The molecule has 1 rings (SSSR count). The zero-order chi connectivity index (χ0) is 8.43. The van der Waals surface area contributed by atoms with Crippen LogP contribution in [0, 0.1) is 5.82 Å². The van der Waals surface area contributed by atoms with Gasteiger partial charge in [-0.25, -0.2) is 4.79 Å². The summed E-state index contributed by atoms with van der Waals surface area (Å²) >= 11 is 0. The van der Waals surface area contributed by atoms with Gasteiger partial charge in [-0.05, 0) is 6.08 Å². The van der Waals surface area contributed by atoms with E-state index in [1.165, 1.54) is 0 Å². The third kappa shape index (κ3) is 1.26. The summed E-state index contributed by atoms with van der Waals surface area (Å²) in [6.07, 6.45) is 1.06. The van der Waals surface area contributed by atoms with Crippen LogP contribution in [0.5, 0.6) is 0 Å². The topological polar surface area (TPSA) is 65.7 Å². The van der Waals surface area contributed by atoms with Crippen molar-refractivity contribution < 1.29 is 4.39 Å². The summed E-state index contributed by atoms with van der Waals surface area (Å²) in [4.78, 5) is 24.8. The van der Waals surface area contributed by atoms with Gasteiger partial charge in [0, 0.05) is 0 Å². The molecule has 11 heavy (non-hydrogen) atoms. The Morgan fingerprint density at radius 1 is 1.36 bits per heavy atom. The minimum absolute atomic E-state index is 0.196. The Morgan fingerprint density at radius 3 is 2.55 bits per heavy atom. The molecule has 0 saturated heterocycles. The molecule has 0 aliphatic carbocycles. The van der Waals surface area contributed by atoms with E-state index in [9.17, 15) is 14.0 Å². The van der Waals surface area contributed by atoms with Crippen molar-refractivity contribution in [1.82, 2.24) is 9.97 Å². The summed E-state index contributed by atoms with van der Waals surface area (Å²) in [5.74, 6) is -1.03. The van der Waals surface area contributed by atoms with Crippen molar-refractivity contribution in [2.24, 2.45) is 0 Å². The predicted octanol–water partition coefficient (Wildman–Crippen LogP) is -0.155. The van der Waals surface area contributed by atoms with Crippen LogP contribution in [0.1, 0.15) is 5.69 Å². The van der Waals surface area contributed by atoms with Crippen molar-refractivity contribution in [3.8, 4) is 0 Å². The second-order valence-electron chi connectivity index (χ2n) is 1.84. The van der Waals surface area contributed by atoms with Gasteiger partial charge in [0.25, 0.3) is 5.56 Å². The molecule has 0 radical (unpaired) electrons. The Morgan fingerprint density at radius 2 is 2.00 bits per heavy atom. The molecule has 0 aliphatic rings. The number of aromatic amines is 2. The van der Waals surface area contributed by atoms with Crippen LogP contribution in [-0.2, 0) is 0 Å². The Balaban J connectivity index is 3.61. The lowest BCUT2D eigenvalue weighted by Gasteiger charge is -1.91. The fourth-order valence-corrected chi connectivity index (χ4v) is 0.629. The molecule has 0 atom stereocenters. The lowest BCUT2D eigenvalue weighted by molar-refractivity contribution is 0.593. The molecule has 0 spiro atoms. The van der Waals surface area contributed by atoms with Gasteiger partial charge in [0.15, 0.2) is 0 Å². The van der Waals surface area contributed by atoms with Crippen molar-refractivity contribution >= 4 is 6.08 Å².